The van der Waals surface area contributed by atoms with Crippen molar-refractivity contribution in [3.63, 3.8) is 0 Å². The van der Waals surface area contributed by atoms with Gasteiger partial charge in [-0.05, 0) is 24.1 Å². The van der Waals surface area contributed by atoms with Crippen molar-refractivity contribution in [3.05, 3.63) is 35.4 Å². The summed E-state index contributed by atoms with van der Waals surface area (Å²) >= 11 is 0. The number of nitrogens with one attached hydrogen (secondary N) is 1. The van der Waals surface area contributed by atoms with E-state index in [1.54, 1.807) is 0 Å². The van der Waals surface area contributed by atoms with Crippen molar-refractivity contribution < 1.29 is 22.8 Å². The maximum Gasteiger partial charge on any atom is 0.416 e. The van der Waals surface area contributed by atoms with Crippen LogP contribution in [0.3, 0.4) is 0 Å². The van der Waals surface area contributed by atoms with Crippen LogP contribution >= 0.6 is 0 Å². The molecule has 0 bridgehead atoms. The van der Waals surface area contributed by atoms with Crippen molar-refractivity contribution in [1.29, 1.82) is 0 Å². The van der Waals surface area contributed by atoms with E-state index in [2.05, 4.69) is 5.32 Å². The highest BCUT2D eigenvalue weighted by Gasteiger charge is 2.34. The lowest BCUT2D eigenvalue weighted by atomic mass is 10.0. The molecule has 7 heteroatoms. The molecule has 0 radical (unpaired) electrons. The zero-order chi connectivity index (χ0) is 16.3. The lowest BCUT2D eigenvalue weighted by Gasteiger charge is -2.35. The Morgan fingerprint density at radius 3 is 2.41 bits per heavy atom. The van der Waals surface area contributed by atoms with Crippen LogP contribution in [-0.2, 0) is 22.3 Å². The van der Waals surface area contributed by atoms with Gasteiger partial charge in [-0.15, -0.1) is 0 Å². The second kappa shape index (κ2) is 6.37. The molecule has 0 aromatic heterocycles. The van der Waals surface area contributed by atoms with E-state index in [9.17, 15) is 22.8 Å². The Balaban J connectivity index is 2.16. The average Bonchev–Trinajstić information content (AvgIpc) is 2.46. The average molecular weight is 314 g/mol. The zero-order valence-electron chi connectivity index (χ0n) is 12.1. The topological polar surface area (TPSA) is 49.4 Å². The van der Waals surface area contributed by atoms with Gasteiger partial charge in [0.15, 0.2) is 0 Å². The van der Waals surface area contributed by atoms with E-state index in [0.29, 0.717) is 12.0 Å². The Bertz CT molecular complexity index is 555. The molecule has 4 nitrogen and oxygen atoms in total. The SMILES string of the molecule is CCCC1C(=O)NCC(=O)N1Cc1ccc(C(F)(F)F)cc1. The number of alkyl halides is 3. The van der Waals surface area contributed by atoms with Gasteiger partial charge in [0.05, 0.1) is 12.1 Å². The van der Waals surface area contributed by atoms with E-state index >= 15 is 0 Å². The summed E-state index contributed by atoms with van der Waals surface area (Å²) in [6.45, 7) is 1.97. The summed E-state index contributed by atoms with van der Waals surface area (Å²) in [5.41, 5.74) is -0.166. The fourth-order valence-corrected chi connectivity index (χ4v) is 2.45. The van der Waals surface area contributed by atoms with Crippen LogP contribution < -0.4 is 5.32 Å². The number of rotatable bonds is 4. The summed E-state index contributed by atoms with van der Waals surface area (Å²) in [6, 6.07) is 4.09. The number of carbonyl (C=O) groups excluding carboxylic acids is 2. The number of piperazine rings is 1. The minimum atomic E-state index is -4.38. The predicted molar refractivity (Wildman–Crippen MR) is 73.7 cm³/mol. The maximum absolute atomic E-state index is 12.5. The zero-order valence-corrected chi connectivity index (χ0v) is 12.1. The number of benzene rings is 1. The van der Waals surface area contributed by atoms with Crippen LogP contribution in [0, 0.1) is 0 Å². The summed E-state index contributed by atoms with van der Waals surface area (Å²) in [5, 5.41) is 2.53. The molecule has 1 N–H and O–H groups in total. The quantitative estimate of drug-likeness (QED) is 0.927. The molecule has 1 aliphatic rings. The van der Waals surface area contributed by atoms with Gasteiger partial charge >= 0.3 is 6.18 Å². The highest BCUT2D eigenvalue weighted by Crippen LogP contribution is 2.29. The first-order valence-electron chi connectivity index (χ1n) is 7.06. The fraction of sp³-hybridized carbons (Fsp3) is 0.467. The van der Waals surface area contributed by atoms with Gasteiger partial charge in [0.2, 0.25) is 11.8 Å². The standard InChI is InChI=1S/C15H17F3N2O2/c1-2-3-12-14(22)19-8-13(21)20(12)9-10-4-6-11(7-5-10)15(16,17)18/h4-7,12H,2-3,8-9H2,1H3,(H,19,22). The molecule has 1 aromatic carbocycles. The van der Waals surface area contributed by atoms with E-state index in [1.165, 1.54) is 17.0 Å². The largest absolute Gasteiger partial charge is 0.416 e. The molecule has 0 spiro atoms. The predicted octanol–water partition coefficient (Wildman–Crippen LogP) is 2.33. The van der Waals surface area contributed by atoms with Crippen molar-refractivity contribution in [1.82, 2.24) is 10.2 Å². The van der Waals surface area contributed by atoms with Crippen LogP contribution in [0.25, 0.3) is 0 Å². The van der Waals surface area contributed by atoms with Gasteiger partial charge in [0.1, 0.15) is 6.04 Å². The van der Waals surface area contributed by atoms with Gasteiger partial charge in [-0.25, -0.2) is 0 Å². The number of amides is 2. The molecule has 0 aliphatic carbocycles. The van der Waals surface area contributed by atoms with Crippen molar-refractivity contribution in [3.8, 4) is 0 Å². The van der Waals surface area contributed by atoms with Crippen LogP contribution in [0.2, 0.25) is 0 Å². The third-order valence-electron chi connectivity index (χ3n) is 3.61. The van der Waals surface area contributed by atoms with Crippen LogP contribution in [0.4, 0.5) is 13.2 Å². The Labute approximate surface area is 126 Å². The molecular formula is C15H17F3N2O2. The Morgan fingerprint density at radius 1 is 1.23 bits per heavy atom. The van der Waals surface area contributed by atoms with E-state index in [0.717, 1.165) is 18.6 Å². The summed E-state index contributed by atoms with van der Waals surface area (Å²) in [6.07, 6.45) is -3.13. The van der Waals surface area contributed by atoms with E-state index in [-0.39, 0.29) is 24.9 Å². The highest BCUT2D eigenvalue weighted by molar-refractivity contribution is 5.94. The molecular weight excluding hydrogens is 297 g/mol. The second-order valence-corrected chi connectivity index (χ2v) is 5.24. The molecule has 2 amide bonds. The second-order valence-electron chi connectivity index (χ2n) is 5.24. The third-order valence-corrected chi connectivity index (χ3v) is 3.61. The van der Waals surface area contributed by atoms with Crippen molar-refractivity contribution in [2.75, 3.05) is 6.54 Å². The van der Waals surface area contributed by atoms with E-state index in [4.69, 9.17) is 0 Å². The molecule has 2 rings (SSSR count). The Morgan fingerprint density at radius 2 is 1.86 bits per heavy atom. The maximum atomic E-state index is 12.5. The molecule has 1 unspecified atom stereocenters. The summed E-state index contributed by atoms with van der Waals surface area (Å²) < 4.78 is 37.6. The molecule has 120 valence electrons. The van der Waals surface area contributed by atoms with Crippen molar-refractivity contribution >= 4 is 11.8 Å². The number of nitrogens with zero attached hydrogens (tertiary/aromatic N) is 1. The summed E-state index contributed by atoms with van der Waals surface area (Å²) in [5.74, 6) is -0.439. The molecule has 1 saturated heterocycles. The molecule has 1 heterocycles. The van der Waals surface area contributed by atoms with Gasteiger partial charge in [-0.1, -0.05) is 25.5 Å². The summed E-state index contributed by atoms with van der Waals surface area (Å²) in [7, 11) is 0. The highest BCUT2D eigenvalue weighted by atomic mass is 19.4. The monoisotopic (exact) mass is 314 g/mol. The molecule has 1 fully saturated rings. The van der Waals surface area contributed by atoms with Gasteiger partial charge < -0.3 is 10.2 Å². The first-order valence-corrected chi connectivity index (χ1v) is 7.06. The third kappa shape index (κ3) is 3.58. The van der Waals surface area contributed by atoms with Gasteiger partial charge in [0, 0.05) is 6.54 Å². The fourth-order valence-electron chi connectivity index (χ4n) is 2.45. The smallest absolute Gasteiger partial charge is 0.345 e. The number of halogens is 3. The van der Waals surface area contributed by atoms with Crippen molar-refractivity contribution in [2.45, 2.75) is 38.5 Å². The first kappa shape index (κ1) is 16.3. The summed E-state index contributed by atoms with van der Waals surface area (Å²) in [4.78, 5) is 25.3. The number of carbonyl (C=O) groups is 2. The lowest BCUT2D eigenvalue weighted by Crippen LogP contribution is -2.57. The minimum absolute atomic E-state index is 0.0698. The van der Waals surface area contributed by atoms with Crippen LogP contribution in [0.5, 0.6) is 0 Å². The minimum Gasteiger partial charge on any atom is -0.345 e. The molecule has 0 saturated carbocycles. The normalized spacial score (nSPS) is 19.3. The molecule has 22 heavy (non-hydrogen) atoms. The van der Waals surface area contributed by atoms with E-state index < -0.39 is 17.8 Å². The Kier molecular flexibility index (Phi) is 4.73. The van der Waals surface area contributed by atoms with Crippen LogP contribution in [0.1, 0.15) is 30.9 Å². The van der Waals surface area contributed by atoms with E-state index in [1.807, 2.05) is 6.92 Å². The van der Waals surface area contributed by atoms with Crippen molar-refractivity contribution in [2.24, 2.45) is 0 Å². The van der Waals surface area contributed by atoms with Gasteiger partial charge in [0.25, 0.3) is 0 Å². The molecule has 1 aromatic rings. The first-order chi connectivity index (χ1) is 10.3. The number of hydrogen-bond donors (Lipinski definition) is 1. The van der Waals surface area contributed by atoms with Crippen LogP contribution in [0.15, 0.2) is 24.3 Å². The lowest BCUT2D eigenvalue weighted by molar-refractivity contribution is -0.146. The van der Waals surface area contributed by atoms with Gasteiger partial charge in [-0.2, -0.15) is 13.2 Å². The number of hydrogen-bond acceptors (Lipinski definition) is 2. The van der Waals surface area contributed by atoms with Gasteiger partial charge in [-0.3, -0.25) is 9.59 Å². The van der Waals surface area contributed by atoms with Crippen LogP contribution in [-0.4, -0.2) is 29.3 Å². The molecule has 1 aliphatic heterocycles. The Hall–Kier alpha value is -2.05. The molecule has 1 atom stereocenters.